The maximum Gasteiger partial charge on any atom is 0.177 e. The lowest BCUT2D eigenvalue weighted by Gasteiger charge is -1.94. The van der Waals surface area contributed by atoms with Crippen molar-refractivity contribution in [3.63, 3.8) is 0 Å². The molecule has 3 rings (SSSR count). The van der Waals surface area contributed by atoms with Gasteiger partial charge in [0, 0.05) is 6.07 Å². The van der Waals surface area contributed by atoms with Crippen LogP contribution >= 0.6 is 0 Å². The van der Waals surface area contributed by atoms with E-state index in [1.807, 2.05) is 24.3 Å². The van der Waals surface area contributed by atoms with E-state index in [0.29, 0.717) is 0 Å². The van der Waals surface area contributed by atoms with E-state index in [4.69, 9.17) is 0 Å². The zero-order valence-electron chi connectivity index (χ0n) is 7.38. The first kappa shape index (κ1) is 7.32. The molecule has 2 heterocycles. The summed E-state index contributed by atoms with van der Waals surface area (Å²) in [5.74, 6) is 0. The lowest BCUT2D eigenvalue weighted by Crippen LogP contribution is -1.81. The number of aromatic amines is 1. The molecule has 0 aliphatic heterocycles. The van der Waals surface area contributed by atoms with Crippen LogP contribution in [0, 0.1) is 0 Å². The molecule has 0 atom stereocenters. The topological polar surface area (TPSA) is 46.0 Å². The number of H-pyrrole nitrogens is 1. The Hall–Kier alpha value is -2.10. The second kappa shape index (κ2) is 2.70. The van der Waals surface area contributed by atoms with Gasteiger partial charge in [0.1, 0.15) is 6.33 Å². The molecule has 14 heavy (non-hydrogen) atoms. The third-order valence-electron chi connectivity index (χ3n) is 2.17. The molecule has 0 aliphatic rings. The Morgan fingerprint density at radius 2 is 2.00 bits per heavy atom. The molecule has 0 saturated heterocycles. The Kier molecular flexibility index (Phi) is 1.41. The van der Waals surface area contributed by atoms with E-state index >= 15 is 0 Å². The zero-order valence-corrected chi connectivity index (χ0v) is 7.38. The van der Waals surface area contributed by atoms with Gasteiger partial charge in [0.15, 0.2) is 5.65 Å². The predicted molar refractivity (Wildman–Crippen MR) is 52.8 cm³/mol. The predicted octanol–water partition coefficient (Wildman–Crippen LogP) is 1.72. The monoisotopic (exact) mass is 184 g/mol. The molecule has 0 aliphatic carbocycles. The Morgan fingerprint density at radius 3 is 2.79 bits per heavy atom. The van der Waals surface area contributed by atoms with Crippen molar-refractivity contribution < 1.29 is 0 Å². The summed E-state index contributed by atoms with van der Waals surface area (Å²) in [6, 6.07) is 12.1. The van der Waals surface area contributed by atoms with Crippen molar-refractivity contribution in [2.24, 2.45) is 0 Å². The van der Waals surface area contributed by atoms with Gasteiger partial charge in [0.05, 0.1) is 5.69 Å². The third kappa shape index (κ3) is 1.01. The van der Waals surface area contributed by atoms with Crippen molar-refractivity contribution in [1.82, 2.24) is 19.8 Å². The van der Waals surface area contributed by atoms with Gasteiger partial charge in [-0.15, -0.1) is 10.2 Å². The molecule has 68 valence electrons. The van der Waals surface area contributed by atoms with Gasteiger partial charge in [-0.3, -0.25) is 5.10 Å². The number of aromatic nitrogens is 4. The van der Waals surface area contributed by atoms with E-state index in [-0.39, 0.29) is 0 Å². The molecular formula is C10H8N4. The number of nitrogens with one attached hydrogen (secondary N) is 1. The molecule has 0 amide bonds. The molecule has 3 aromatic rings. The lowest BCUT2D eigenvalue weighted by atomic mass is 10.2. The minimum atomic E-state index is 0.837. The minimum Gasteiger partial charge on any atom is -0.291 e. The lowest BCUT2D eigenvalue weighted by molar-refractivity contribution is 0.959. The van der Waals surface area contributed by atoms with Crippen LogP contribution in [0.5, 0.6) is 0 Å². The second-order valence-corrected chi connectivity index (χ2v) is 3.09. The number of benzene rings is 1. The van der Waals surface area contributed by atoms with Gasteiger partial charge in [-0.05, 0) is 5.56 Å². The molecule has 0 saturated carbocycles. The second-order valence-electron chi connectivity index (χ2n) is 3.09. The minimum absolute atomic E-state index is 0.837. The van der Waals surface area contributed by atoms with Crippen LogP contribution < -0.4 is 0 Å². The molecule has 2 aromatic heterocycles. The van der Waals surface area contributed by atoms with Crippen LogP contribution in [0.1, 0.15) is 0 Å². The summed E-state index contributed by atoms with van der Waals surface area (Å²) >= 11 is 0. The van der Waals surface area contributed by atoms with Gasteiger partial charge in [-0.1, -0.05) is 30.3 Å². The van der Waals surface area contributed by atoms with Crippen LogP contribution in [0.15, 0.2) is 42.7 Å². The highest BCUT2D eigenvalue weighted by molar-refractivity contribution is 5.63. The summed E-state index contributed by atoms with van der Waals surface area (Å²) in [7, 11) is 0. The van der Waals surface area contributed by atoms with Gasteiger partial charge in [-0.2, -0.15) is 0 Å². The summed E-state index contributed by atoms with van der Waals surface area (Å²) in [6.45, 7) is 0. The average Bonchev–Trinajstić information content (AvgIpc) is 2.78. The Balaban J connectivity index is 2.19. The Labute approximate surface area is 80.2 Å². The van der Waals surface area contributed by atoms with Gasteiger partial charge in [0.25, 0.3) is 0 Å². The maximum absolute atomic E-state index is 3.95. The van der Waals surface area contributed by atoms with Crippen LogP contribution in [-0.2, 0) is 0 Å². The van der Waals surface area contributed by atoms with Crippen molar-refractivity contribution in [1.29, 1.82) is 0 Å². The summed E-state index contributed by atoms with van der Waals surface area (Å²) in [4.78, 5) is 0. The zero-order chi connectivity index (χ0) is 9.38. The Bertz CT molecular complexity index is 521. The quantitative estimate of drug-likeness (QED) is 0.626. The highest BCUT2D eigenvalue weighted by atomic mass is 15.3. The number of fused-ring (bicyclic) bond motifs is 1. The summed E-state index contributed by atoms with van der Waals surface area (Å²) in [5, 5.41) is 10.9. The standard InChI is InChI=1S/C10H8N4/c1-2-4-8(5-3-1)9-6-10-12-11-7-14(10)13-9/h1-7,13H. The van der Waals surface area contributed by atoms with Crippen molar-refractivity contribution in [3.8, 4) is 11.3 Å². The SMILES string of the molecule is c1ccc(-c2cc3nncn3[nH]2)cc1. The molecule has 0 bridgehead atoms. The van der Waals surface area contributed by atoms with Crippen molar-refractivity contribution in [2.45, 2.75) is 0 Å². The molecule has 0 radical (unpaired) electrons. The largest absolute Gasteiger partial charge is 0.291 e. The third-order valence-corrected chi connectivity index (χ3v) is 2.17. The van der Waals surface area contributed by atoms with E-state index in [1.54, 1.807) is 10.8 Å². The smallest absolute Gasteiger partial charge is 0.177 e. The van der Waals surface area contributed by atoms with E-state index in [1.165, 1.54) is 0 Å². The van der Waals surface area contributed by atoms with E-state index in [9.17, 15) is 0 Å². The van der Waals surface area contributed by atoms with Crippen molar-refractivity contribution in [2.75, 3.05) is 0 Å². The molecule has 4 heteroatoms. The highest BCUT2D eigenvalue weighted by Gasteiger charge is 2.02. The summed E-state index contributed by atoms with van der Waals surface area (Å²) in [5.41, 5.74) is 3.04. The molecular weight excluding hydrogens is 176 g/mol. The van der Waals surface area contributed by atoms with E-state index in [2.05, 4.69) is 27.4 Å². The fourth-order valence-electron chi connectivity index (χ4n) is 1.49. The number of hydrogen-bond donors (Lipinski definition) is 1. The van der Waals surface area contributed by atoms with Crippen LogP contribution in [0.3, 0.4) is 0 Å². The average molecular weight is 184 g/mol. The molecule has 0 spiro atoms. The van der Waals surface area contributed by atoms with E-state index in [0.717, 1.165) is 16.9 Å². The summed E-state index contributed by atoms with van der Waals surface area (Å²) < 4.78 is 1.79. The van der Waals surface area contributed by atoms with Crippen LogP contribution in [-0.4, -0.2) is 19.8 Å². The summed E-state index contributed by atoms with van der Waals surface area (Å²) in [6.07, 6.45) is 1.65. The molecule has 0 unspecified atom stereocenters. The van der Waals surface area contributed by atoms with Gasteiger partial charge in [-0.25, -0.2) is 4.52 Å². The fourth-order valence-corrected chi connectivity index (χ4v) is 1.49. The van der Waals surface area contributed by atoms with Crippen LogP contribution in [0.4, 0.5) is 0 Å². The highest BCUT2D eigenvalue weighted by Crippen LogP contribution is 2.17. The Morgan fingerprint density at radius 1 is 1.14 bits per heavy atom. The van der Waals surface area contributed by atoms with Gasteiger partial charge < -0.3 is 0 Å². The van der Waals surface area contributed by atoms with Crippen LogP contribution in [0.2, 0.25) is 0 Å². The molecule has 1 aromatic carbocycles. The fraction of sp³-hybridized carbons (Fsp3) is 0. The number of nitrogens with zero attached hydrogens (tertiary/aromatic N) is 3. The number of rotatable bonds is 1. The maximum atomic E-state index is 3.95. The van der Waals surface area contributed by atoms with Gasteiger partial charge in [0.2, 0.25) is 0 Å². The molecule has 4 nitrogen and oxygen atoms in total. The van der Waals surface area contributed by atoms with E-state index < -0.39 is 0 Å². The van der Waals surface area contributed by atoms with Crippen molar-refractivity contribution in [3.05, 3.63) is 42.7 Å². The normalized spacial score (nSPS) is 10.9. The molecule has 1 N–H and O–H groups in total. The first-order valence-corrected chi connectivity index (χ1v) is 4.38. The molecule has 0 fully saturated rings. The van der Waals surface area contributed by atoms with Crippen molar-refractivity contribution >= 4 is 5.65 Å². The van der Waals surface area contributed by atoms with Crippen LogP contribution in [0.25, 0.3) is 16.9 Å². The number of hydrogen-bond acceptors (Lipinski definition) is 2. The van der Waals surface area contributed by atoms with Gasteiger partial charge >= 0.3 is 0 Å². The first-order chi connectivity index (χ1) is 6.93. The first-order valence-electron chi connectivity index (χ1n) is 4.38.